The van der Waals surface area contributed by atoms with Crippen LogP contribution in [0, 0.1) is 5.82 Å². The van der Waals surface area contributed by atoms with Gasteiger partial charge in [-0.05, 0) is 18.2 Å². The molecule has 1 aromatic heterocycles. The van der Waals surface area contributed by atoms with Gasteiger partial charge in [0.1, 0.15) is 5.82 Å². The van der Waals surface area contributed by atoms with Gasteiger partial charge in [-0.15, -0.1) is 0 Å². The molecule has 1 aliphatic rings. The molecule has 0 radical (unpaired) electrons. The van der Waals surface area contributed by atoms with Gasteiger partial charge in [0.2, 0.25) is 5.91 Å². The summed E-state index contributed by atoms with van der Waals surface area (Å²) in [4.78, 5) is 25.8. The van der Waals surface area contributed by atoms with Crippen molar-refractivity contribution >= 4 is 11.6 Å². The minimum absolute atomic E-state index is 0.0644. The van der Waals surface area contributed by atoms with E-state index in [1.54, 1.807) is 31.5 Å². The Kier molecular flexibility index (Phi) is 5.46. The number of methoxy groups -OCH3 is 1. The molecule has 26 heavy (non-hydrogen) atoms. The molecule has 1 saturated heterocycles. The van der Waals surface area contributed by atoms with Gasteiger partial charge in [0.25, 0.3) is 5.56 Å². The summed E-state index contributed by atoms with van der Waals surface area (Å²) in [5, 5.41) is 2.55. The second-order valence-electron chi connectivity index (χ2n) is 6.25. The molecule has 0 bridgehead atoms. The van der Waals surface area contributed by atoms with E-state index in [0.717, 1.165) is 0 Å². The van der Waals surface area contributed by atoms with Crippen LogP contribution in [0.1, 0.15) is 0 Å². The Balaban J connectivity index is 1.66. The molecular formula is C18H21FN4O3. The Morgan fingerprint density at radius 1 is 1.35 bits per heavy atom. The molecule has 3 N–H and O–H groups in total. The minimum atomic E-state index is -0.612. The number of nitrogens with two attached hydrogens (primary N) is 1. The second-order valence-corrected chi connectivity index (χ2v) is 6.25. The fraction of sp³-hybridized carbons (Fsp3) is 0.333. The van der Waals surface area contributed by atoms with Gasteiger partial charge in [-0.3, -0.25) is 19.1 Å². The minimum Gasteiger partial charge on any atom is -0.378 e. The number of carbonyl (C=O) groups excluding carboxylic acids is 1. The Labute approximate surface area is 150 Å². The summed E-state index contributed by atoms with van der Waals surface area (Å²) in [7, 11) is 1.59. The van der Waals surface area contributed by atoms with Crippen LogP contribution in [-0.2, 0) is 9.53 Å². The van der Waals surface area contributed by atoms with Gasteiger partial charge in [-0.2, -0.15) is 0 Å². The van der Waals surface area contributed by atoms with E-state index < -0.39 is 5.82 Å². The van der Waals surface area contributed by atoms with Crippen LogP contribution in [0.15, 0.2) is 47.4 Å². The summed E-state index contributed by atoms with van der Waals surface area (Å²) in [5.41, 5.74) is 6.12. The average Bonchev–Trinajstić information content (AvgIpc) is 2.96. The van der Waals surface area contributed by atoms with Crippen molar-refractivity contribution in [3.05, 3.63) is 58.8 Å². The van der Waals surface area contributed by atoms with Crippen molar-refractivity contribution in [3.8, 4) is 5.69 Å². The van der Waals surface area contributed by atoms with E-state index in [9.17, 15) is 14.0 Å². The number of rotatable bonds is 5. The van der Waals surface area contributed by atoms with Crippen molar-refractivity contribution in [2.24, 2.45) is 5.73 Å². The summed E-state index contributed by atoms with van der Waals surface area (Å²) in [6, 6.07) is 8.77. The predicted molar refractivity (Wildman–Crippen MR) is 95.8 cm³/mol. The first kappa shape index (κ1) is 18.2. The van der Waals surface area contributed by atoms with Gasteiger partial charge in [0, 0.05) is 44.6 Å². The zero-order valence-corrected chi connectivity index (χ0v) is 14.4. The number of pyridine rings is 1. The molecule has 2 atom stereocenters. The number of nitrogens with zero attached hydrogens (tertiary/aromatic N) is 2. The third kappa shape index (κ3) is 3.98. The van der Waals surface area contributed by atoms with Crippen molar-refractivity contribution in [1.82, 2.24) is 9.47 Å². The molecule has 2 heterocycles. The smallest absolute Gasteiger partial charge is 0.255 e. The monoisotopic (exact) mass is 360 g/mol. The first-order valence-electron chi connectivity index (χ1n) is 8.26. The molecule has 138 valence electrons. The molecule has 1 aliphatic heterocycles. The number of nitrogens with one attached hydrogen (secondary N) is 1. The SMILES string of the molecule is CO[C@H]1CN(CC(=O)Nc2ccc(-n3ccccc3=O)cc2F)C[C@@H]1N. The maximum absolute atomic E-state index is 14.3. The molecule has 0 spiro atoms. The van der Waals surface area contributed by atoms with Gasteiger partial charge in [0.05, 0.1) is 24.0 Å². The molecule has 1 aromatic carbocycles. The molecule has 0 aliphatic carbocycles. The average molecular weight is 360 g/mol. The number of aromatic nitrogens is 1. The largest absolute Gasteiger partial charge is 0.378 e. The highest BCUT2D eigenvalue weighted by molar-refractivity contribution is 5.92. The quantitative estimate of drug-likeness (QED) is 0.814. The van der Waals surface area contributed by atoms with E-state index in [0.29, 0.717) is 18.8 Å². The maximum atomic E-state index is 14.3. The molecule has 8 heteroatoms. The molecule has 1 fully saturated rings. The first-order chi connectivity index (χ1) is 12.5. The fourth-order valence-corrected chi connectivity index (χ4v) is 3.05. The van der Waals surface area contributed by atoms with Gasteiger partial charge in [-0.25, -0.2) is 4.39 Å². The number of benzene rings is 1. The number of halogens is 1. The van der Waals surface area contributed by atoms with Crippen molar-refractivity contribution in [2.75, 3.05) is 32.1 Å². The molecule has 0 unspecified atom stereocenters. The molecule has 1 amide bonds. The zero-order chi connectivity index (χ0) is 18.7. The van der Waals surface area contributed by atoms with E-state index in [-0.39, 0.29) is 35.8 Å². The highest BCUT2D eigenvalue weighted by Gasteiger charge is 2.31. The van der Waals surface area contributed by atoms with E-state index in [1.807, 2.05) is 4.90 Å². The predicted octanol–water partition coefficient (Wildman–Crippen LogP) is 0.573. The number of anilines is 1. The lowest BCUT2D eigenvalue weighted by Crippen LogP contribution is -2.34. The van der Waals surface area contributed by atoms with Crippen LogP contribution >= 0.6 is 0 Å². The number of amides is 1. The number of hydrogen-bond donors (Lipinski definition) is 2. The Morgan fingerprint density at radius 3 is 2.81 bits per heavy atom. The van der Waals surface area contributed by atoms with Crippen molar-refractivity contribution in [3.63, 3.8) is 0 Å². The van der Waals surface area contributed by atoms with Gasteiger partial charge < -0.3 is 15.8 Å². The van der Waals surface area contributed by atoms with Crippen LogP contribution < -0.4 is 16.6 Å². The highest BCUT2D eigenvalue weighted by Crippen LogP contribution is 2.18. The fourth-order valence-electron chi connectivity index (χ4n) is 3.05. The molecule has 7 nitrogen and oxygen atoms in total. The summed E-state index contributed by atoms with van der Waals surface area (Å²) in [6.45, 7) is 1.21. The van der Waals surface area contributed by atoms with E-state index in [1.165, 1.54) is 22.8 Å². The topological polar surface area (TPSA) is 89.6 Å². The Hall–Kier alpha value is -2.55. The lowest BCUT2D eigenvalue weighted by Gasteiger charge is -2.15. The van der Waals surface area contributed by atoms with Crippen molar-refractivity contribution < 1.29 is 13.9 Å². The van der Waals surface area contributed by atoms with E-state index >= 15 is 0 Å². The second kappa shape index (κ2) is 7.77. The zero-order valence-electron chi connectivity index (χ0n) is 14.4. The number of carbonyl (C=O) groups is 1. The molecular weight excluding hydrogens is 339 g/mol. The van der Waals surface area contributed by atoms with E-state index in [4.69, 9.17) is 10.5 Å². The van der Waals surface area contributed by atoms with Crippen LogP contribution in [0.4, 0.5) is 10.1 Å². The van der Waals surface area contributed by atoms with Gasteiger partial charge in [-0.1, -0.05) is 6.07 Å². The van der Waals surface area contributed by atoms with Crippen molar-refractivity contribution in [1.29, 1.82) is 0 Å². The van der Waals surface area contributed by atoms with Gasteiger partial charge in [0.15, 0.2) is 0 Å². The molecule has 3 rings (SSSR count). The number of likely N-dealkylation sites (tertiary alicyclic amines) is 1. The first-order valence-corrected chi connectivity index (χ1v) is 8.26. The van der Waals surface area contributed by atoms with E-state index in [2.05, 4.69) is 5.32 Å². The number of hydrogen-bond acceptors (Lipinski definition) is 5. The molecule has 0 saturated carbocycles. The number of ether oxygens (including phenoxy) is 1. The Bertz CT molecular complexity index is 854. The summed E-state index contributed by atoms with van der Waals surface area (Å²) in [5.74, 6) is -0.947. The van der Waals surface area contributed by atoms with Crippen LogP contribution in [0.3, 0.4) is 0 Å². The van der Waals surface area contributed by atoms with Crippen LogP contribution in [0.2, 0.25) is 0 Å². The van der Waals surface area contributed by atoms with Crippen LogP contribution in [0.25, 0.3) is 5.69 Å². The maximum Gasteiger partial charge on any atom is 0.255 e. The van der Waals surface area contributed by atoms with Gasteiger partial charge >= 0.3 is 0 Å². The lowest BCUT2D eigenvalue weighted by atomic mass is 10.2. The summed E-state index contributed by atoms with van der Waals surface area (Å²) in [6.07, 6.45) is 1.45. The molecule has 2 aromatic rings. The Morgan fingerprint density at radius 2 is 2.15 bits per heavy atom. The van der Waals surface area contributed by atoms with Crippen LogP contribution in [-0.4, -0.2) is 54.3 Å². The normalized spacial score (nSPS) is 20.3. The summed E-state index contributed by atoms with van der Waals surface area (Å²) < 4.78 is 20.9. The summed E-state index contributed by atoms with van der Waals surface area (Å²) >= 11 is 0. The van der Waals surface area contributed by atoms with Crippen LogP contribution in [0.5, 0.6) is 0 Å². The van der Waals surface area contributed by atoms with Crippen molar-refractivity contribution in [2.45, 2.75) is 12.1 Å². The third-order valence-electron chi connectivity index (χ3n) is 4.38. The standard InChI is InChI=1S/C18H21FN4O3/c1-26-16-10-22(9-14(16)20)11-17(24)21-15-6-5-12(8-13(15)19)23-7-3-2-4-18(23)25/h2-8,14,16H,9-11,20H2,1H3,(H,21,24)/t14-,16-/m0/s1. The third-order valence-corrected chi connectivity index (χ3v) is 4.38. The lowest BCUT2D eigenvalue weighted by molar-refractivity contribution is -0.117. The highest BCUT2D eigenvalue weighted by atomic mass is 19.1.